The molecule has 2 aliphatic heterocycles. The van der Waals surface area contributed by atoms with Gasteiger partial charge in [0.2, 0.25) is 0 Å². The quantitative estimate of drug-likeness (QED) is 0.838. The number of para-hydroxylation sites is 1. The summed E-state index contributed by atoms with van der Waals surface area (Å²) in [5.74, 6) is 2.66. The van der Waals surface area contributed by atoms with Gasteiger partial charge in [0.05, 0.1) is 12.6 Å². The number of hydrogen-bond acceptors (Lipinski definition) is 5. The van der Waals surface area contributed by atoms with Gasteiger partial charge in [-0.1, -0.05) is 18.2 Å². The highest BCUT2D eigenvalue weighted by Gasteiger charge is 2.33. The normalized spacial score (nSPS) is 20.7. The maximum atomic E-state index is 12.8. The first kappa shape index (κ1) is 17.0. The Morgan fingerprint density at radius 3 is 2.85 bits per heavy atom. The Labute approximate surface area is 153 Å². The minimum absolute atomic E-state index is 0.000259. The zero-order valence-electron chi connectivity index (χ0n) is 15.2. The van der Waals surface area contributed by atoms with Gasteiger partial charge in [-0.25, -0.2) is 0 Å². The van der Waals surface area contributed by atoms with Crippen LogP contribution in [0.4, 0.5) is 0 Å². The van der Waals surface area contributed by atoms with Crippen LogP contribution in [-0.2, 0) is 17.9 Å². The summed E-state index contributed by atoms with van der Waals surface area (Å²) in [6.45, 7) is 3.49. The number of carbonyl (C=O) groups is 1. The standard InChI is InChI=1S/C19H25N5O2/c1-22-11-12-24-17(13-22)20-21-19(24)16-9-5-6-10-23(16)18(25)14-26-15-7-3-2-4-8-15/h2-4,7-8,16H,5-6,9-14H2,1H3/t16-/m1/s1. The minimum atomic E-state index is 0.000259. The molecule has 2 aromatic rings. The Morgan fingerprint density at radius 1 is 1.15 bits per heavy atom. The summed E-state index contributed by atoms with van der Waals surface area (Å²) in [7, 11) is 2.09. The monoisotopic (exact) mass is 355 g/mol. The molecule has 1 atom stereocenters. The predicted molar refractivity (Wildman–Crippen MR) is 96.6 cm³/mol. The van der Waals surface area contributed by atoms with Crippen molar-refractivity contribution >= 4 is 5.91 Å². The lowest BCUT2D eigenvalue weighted by Crippen LogP contribution is -2.42. The molecule has 138 valence electrons. The Hall–Kier alpha value is -2.41. The van der Waals surface area contributed by atoms with E-state index in [1.807, 2.05) is 35.2 Å². The number of likely N-dealkylation sites (N-methyl/N-ethyl adjacent to an activating group) is 1. The summed E-state index contributed by atoms with van der Waals surface area (Å²) >= 11 is 0. The summed E-state index contributed by atoms with van der Waals surface area (Å²) in [6, 6.07) is 9.48. The number of carbonyl (C=O) groups excluding carboxylic acids is 1. The van der Waals surface area contributed by atoms with E-state index in [1.54, 1.807) is 0 Å². The highest BCUT2D eigenvalue weighted by molar-refractivity contribution is 5.78. The van der Waals surface area contributed by atoms with E-state index in [0.717, 1.165) is 62.8 Å². The van der Waals surface area contributed by atoms with Gasteiger partial charge < -0.3 is 14.2 Å². The minimum Gasteiger partial charge on any atom is -0.484 e. The highest BCUT2D eigenvalue weighted by atomic mass is 16.5. The van der Waals surface area contributed by atoms with Crippen molar-refractivity contribution in [3.63, 3.8) is 0 Å². The summed E-state index contributed by atoms with van der Waals surface area (Å²) in [4.78, 5) is 17.0. The third kappa shape index (κ3) is 3.44. The number of likely N-dealkylation sites (tertiary alicyclic amines) is 1. The van der Waals surface area contributed by atoms with E-state index in [1.165, 1.54) is 0 Å². The molecule has 0 bridgehead atoms. The van der Waals surface area contributed by atoms with E-state index >= 15 is 0 Å². The van der Waals surface area contributed by atoms with E-state index < -0.39 is 0 Å². The van der Waals surface area contributed by atoms with Gasteiger partial charge in [0.1, 0.15) is 11.6 Å². The molecular weight excluding hydrogens is 330 g/mol. The summed E-state index contributed by atoms with van der Waals surface area (Å²) in [5.41, 5.74) is 0. The van der Waals surface area contributed by atoms with Gasteiger partial charge in [-0.15, -0.1) is 10.2 Å². The van der Waals surface area contributed by atoms with Crippen LogP contribution < -0.4 is 4.74 Å². The maximum absolute atomic E-state index is 12.8. The first-order valence-corrected chi connectivity index (χ1v) is 9.30. The molecule has 1 amide bonds. The van der Waals surface area contributed by atoms with Crippen LogP contribution >= 0.6 is 0 Å². The van der Waals surface area contributed by atoms with E-state index in [9.17, 15) is 4.79 Å². The third-order valence-corrected chi connectivity index (χ3v) is 5.20. The Morgan fingerprint density at radius 2 is 2.00 bits per heavy atom. The van der Waals surface area contributed by atoms with Crippen molar-refractivity contribution in [3.8, 4) is 5.75 Å². The lowest BCUT2D eigenvalue weighted by molar-refractivity contribution is -0.137. The Balaban J connectivity index is 1.49. The topological polar surface area (TPSA) is 63.5 Å². The smallest absolute Gasteiger partial charge is 0.261 e. The molecule has 1 saturated heterocycles. The number of amides is 1. The van der Waals surface area contributed by atoms with Crippen LogP contribution in [0.25, 0.3) is 0 Å². The zero-order chi connectivity index (χ0) is 17.9. The number of ether oxygens (including phenoxy) is 1. The second kappa shape index (κ2) is 7.45. The molecule has 0 saturated carbocycles. The molecular formula is C19H25N5O2. The molecule has 0 spiro atoms. The molecule has 0 unspecified atom stereocenters. The molecule has 4 rings (SSSR count). The fourth-order valence-electron chi connectivity index (χ4n) is 3.79. The number of nitrogens with zero attached hydrogens (tertiary/aromatic N) is 5. The maximum Gasteiger partial charge on any atom is 0.261 e. The molecule has 26 heavy (non-hydrogen) atoms. The van der Waals surface area contributed by atoms with Gasteiger partial charge >= 0.3 is 0 Å². The van der Waals surface area contributed by atoms with Crippen molar-refractivity contribution in [1.82, 2.24) is 24.6 Å². The summed E-state index contributed by atoms with van der Waals surface area (Å²) in [5, 5.41) is 8.83. The molecule has 2 aliphatic rings. The fraction of sp³-hybridized carbons (Fsp3) is 0.526. The van der Waals surface area contributed by atoms with Gasteiger partial charge in [0.25, 0.3) is 5.91 Å². The zero-order valence-corrected chi connectivity index (χ0v) is 15.2. The van der Waals surface area contributed by atoms with Crippen LogP contribution in [0, 0.1) is 0 Å². The lowest BCUT2D eigenvalue weighted by Gasteiger charge is -2.36. The average Bonchev–Trinajstić information content (AvgIpc) is 3.09. The third-order valence-electron chi connectivity index (χ3n) is 5.20. The van der Waals surface area contributed by atoms with E-state index in [0.29, 0.717) is 0 Å². The van der Waals surface area contributed by atoms with Crippen LogP contribution in [0.2, 0.25) is 0 Å². The first-order valence-electron chi connectivity index (χ1n) is 9.30. The van der Waals surface area contributed by atoms with Crippen molar-refractivity contribution in [2.45, 2.75) is 38.4 Å². The molecule has 1 aromatic carbocycles. The number of hydrogen-bond donors (Lipinski definition) is 0. The summed E-state index contributed by atoms with van der Waals surface area (Å²) in [6.07, 6.45) is 3.07. The number of benzene rings is 1. The van der Waals surface area contributed by atoms with E-state index in [-0.39, 0.29) is 18.6 Å². The number of fused-ring (bicyclic) bond motifs is 1. The number of piperidine rings is 1. The van der Waals surface area contributed by atoms with E-state index in [2.05, 4.69) is 26.7 Å². The van der Waals surface area contributed by atoms with Gasteiger partial charge in [-0.3, -0.25) is 9.69 Å². The van der Waals surface area contributed by atoms with Gasteiger partial charge in [-0.05, 0) is 38.4 Å². The Kier molecular flexibility index (Phi) is 4.88. The average molecular weight is 355 g/mol. The van der Waals surface area contributed by atoms with Crippen LogP contribution in [0.5, 0.6) is 5.75 Å². The molecule has 0 radical (unpaired) electrons. The second-order valence-corrected chi connectivity index (χ2v) is 7.06. The van der Waals surface area contributed by atoms with Crippen molar-refractivity contribution in [3.05, 3.63) is 42.0 Å². The van der Waals surface area contributed by atoms with Gasteiger partial charge in [-0.2, -0.15) is 0 Å². The number of rotatable bonds is 4. The highest BCUT2D eigenvalue weighted by Crippen LogP contribution is 2.31. The fourth-order valence-corrected chi connectivity index (χ4v) is 3.79. The molecule has 1 aromatic heterocycles. The predicted octanol–water partition coefficient (Wildman–Crippen LogP) is 1.86. The number of aromatic nitrogens is 3. The molecule has 1 fully saturated rings. The lowest BCUT2D eigenvalue weighted by atomic mass is 10.0. The second-order valence-electron chi connectivity index (χ2n) is 7.06. The first-order chi connectivity index (χ1) is 12.7. The van der Waals surface area contributed by atoms with Crippen LogP contribution in [0.3, 0.4) is 0 Å². The molecule has 7 nitrogen and oxygen atoms in total. The van der Waals surface area contributed by atoms with Gasteiger partial charge in [0.15, 0.2) is 12.4 Å². The molecule has 7 heteroatoms. The van der Waals surface area contributed by atoms with Crippen molar-refractivity contribution in [1.29, 1.82) is 0 Å². The van der Waals surface area contributed by atoms with Crippen molar-refractivity contribution in [2.24, 2.45) is 0 Å². The molecule has 0 aliphatic carbocycles. The van der Waals surface area contributed by atoms with Crippen molar-refractivity contribution < 1.29 is 9.53 Å². The SMILES string of the molecule is CN1CCn2c(nnc2[C@H]2CCCCN2C(=O)COc2ccccc2)C1. The summed E-state index contributed by atoms with van der Waals surface area (Å²) < 4.78 is 7.88. The van der Waals surface area contributed by atoms with Crippen LogP contribution in [0.15, 0.2) is 30.3 Å². The Bertz CT molecular complexity index is 761. The molecule has 3 heterocycles. The molecule has 0 N–H and O–H groups in total. The van der Waals surface area contributed by atoms with Crippen LogP contribution in [0.1, 0.15) is 37.0 Å². The van der Waals surface area contributed by atoms with E-state index in [4.69, 9.17) is 4.74 Å². The van der Waals surface area contributed by atoms with Crippen LogP contribution in [-0.4, -0.2) is 57.2 Å². The largest absolute Gasteiger partial charge is 0.484 e. The van der Waals surface area contributed by atoms with Crippen molar-refractivity contribution in [2.75, 3.05) is 26.7 Å². The van der Waals surface area contributed by atoms with Gasteiger partial charge in [0, 0.05) is 19.6 Å².